The summed E-state index contributed by atoms with van der Waals surface area (Å²) in [5.74, 6) is 0.933. The Bertz CT molecular complexity index is 949. The van der Waals surface area contributed by atoms with Crippen molar-refractivity contribution >= 4 is 32.3 Å². The molecule has 0 saturated carbocycles. The summed E-state index contributed by atoms with van der Waals surface area (Å²) >= 11 is 1.53. The molecule has 1 N–H and O–H groups in total. The zero-order chi connectivity index (χ0) is 14.2. The van der Waals surface area contributed by atoms with E-state index in [-0.39, 0.29) is 5.75 Å². The maximum absolute atomic E-state index is 10.1. The van der Waals surface area contributed by atoms with Crippen LogP contribution in [0.1, 0.15) is 0 Å². The molecule has 21 heavy (non-hydrogen) atoms. The van der Waals surface area contributed by atoms with Crippen LogP contribution in [0, 0.1) is 0 Å². The van der Waals surface area contributed by atoms with E-state index >= 15 is 0 Å². The SMILES string of the molecule is Oc1cc2ccccc2cc1Oc1ncnc2sccc12. The fourth-order valence-electron chi connectivity index (χ4n) is 2.24. The summed E-state index contributed by atoms with van der Waals surface area (Å²) < 4.78 is 5.79. The zero-order valence-electron chi connectivity index (χ0n) is 10.9. The quantitative estimate of drug-likeness (QED) is 0.597. The van der Waals surface area contributed by atoms with Crippen LogP contribution in [-0.2, 0) is 0 Å². The summed E-state index contributed by atoms with van der Waals surface area (Å²) in [5, 5.41) is 14.9. The standard InChI is InChI=1S/C16H10N2O2S/c19-13-7-10-3-1-2-4-11(10)8-14(13)20-15-12-5-6-21-16(12)18-9-17-15/h1-9,19H. The van der Waals surface area contributed by atoms with E-state index in [1.807, 2.05) is 41.8 Å². The van der Waals surface area contributed by atoms with E-state index in [0.717, 1.165) is 21.0 Å². The second-order valence-corrected chi connectivity index (χ2v) is 5.48. The summed E-state index contributed by atoms with van der Waals surface area (Å²) in [6.07, 6.45) is 1.46. The monoisotopic (exact) mass is 294 g/mol. The zero-order valence-corrected chi connectivity index (χ0v) is 11.7. The highest BCUT2D eigenvalue weighted by Gasteiger charge is 2.11. The van der Waals surface area contributed by atoms with E-state index in [2.05, 4.69) is 9.97 Å². The Hall–Kier alpha value is -2.66. The predicted octanol–water partition coefficient (Wildman–Crippen LogP) is 4.34. The summed E-state index contributed by atoms with van der Waals surface area (Å²) in [6, 6.07) is 13.2. The summed E-state index contributed by atoms with van der Waals surface area (Å²) in [7, 11) is 0. The van der Waals surface area contributed by atoms with E-state index in [1.165, 1.54) is 17.7 Å². The minimum Gasteiger partial charge on any atom is -0.504 e. The number of aromatic hydroxyl groups is 1. The van der Waals surface area contributed by atoms with E-state index < -0.39 is 0 Å². The van der Waals surface area contributed by atoms with Gasteiger partial charge < -0.3 is 9.84 Å². The van der Waals surface area contributed by atoms with E-state index in [0.29, 0.717) is 11.6 Å². The molecule has 102 valence electrons. The molecule has 0 amide bonds. The maximum atomic E-state index is 10.1. The smallest absolute Gasteiger partial charge is 0.231 e. The number of rotatable bonds is 2. The van der Waals surface area contributed by atoms with Crippen LogP contribution in [0.25, 0.3) is 21.0 Å². The number of aromatic nitrogens is 2. The molecular weight excluding hydrogens is 284 g/mol. The Labute approximate surface area is 124 Å². The van der Waals surface area contributed by atoms with Crippen LogP contribution in [0.15, 0.2) is 54.2 Å². The molecule has 0 aliphatic carbocycles. The molecule has 5 heteroatoms. The molecule has 2 heterocycles. The molecule has 4 nitrogen and oxygen atoms in total. The van der Waals surface area contributed by atoms with Crippen LogP contribution in [0.3, 0.4) is 0 Å². The van der Waals surface area contributed by atoms with Gasteiger partial charge in [-0.1, -0.05) is 24.3 Å². The number of ether oxygens (including phenoxy) is 1. The van der Waals surface area contributed by atoms with Crippen molar-refractivity contribution in [3.05, 3.63) is 54.2 Å². The normalized spacial score (nSPS) is 11.0. The Morgan fingerprint density at radius 1 is 1.00 bits per heavy atom. The lowest BCUT2D eigenvalue weighted by Crippen LogP contribution is -1.90. The molecule has 0 aliphatic heterocycles. The van der Waals surface area contributed by atoms with E-state index in [4.69, 9.17) is 4.74 Å². The lowest BCUT2D eigenvalue weighted by molar-refractivity contribution is 0.406. The van der Waals surface area contributed by atoms with Gasteiger partial charge >= 0.3 is 0 Å². The highest BCUT2D eigenvalue weighted by Crippen LogP contribution is 2.36. The van der Waals surface area contributed by atoms with Crippen molar-refractivity contribution in [2.45, 2.75) is 0 Å². The molecule has 0 atom stereocenters. The van der Waals surface area contributed by atoms with Crippen LogP contribution in [0.4, 0.5) is 0 Å². The number of fused-ring (bicyclic) bond motifs is 2. The number of phenols is 1. The van der Waals surface area contributed by atoms with Gasteiger partial charge in [-0.15, -0.1) is 11.3 Å². The van der Waals surface area contributed by atoms with Crippen LogP contribution < -0.4 is 4.74 Å². The van der Waals surface area contributed by atoms with Gasteiger partial charge in [-0.2, -0.15) is 0 Å². The third kappa shape index (κ3) is 2.08. The van der Waals surface area contributed by atoms with Gasteiger partial charge in [0.2, 0.25) is 5.88 Å². The van der Waals surface area contributed by atoms with Crippen LogP contribution in [0.2, 0.25) is 0 Å². The van der Waals surface area contributed by atoms with Gasteiger partial charge in [0.15, 0.2) is 11.5 Å². The number of hydrogen-bond acceptors (Lipinski definition) is 5. The third-order valence-electron chi connectivity index (χ3n) is 3.26. The largest absolute Gasteiger partial charge is 0.504 e. The van der Waals surface area contributed by atoms with Crippen molar-refractivity contribution < 1.29 is 9.84 Å². The molecule has 0 aliphatic rings. The maximum Gasteiger partial charge on any atom is 0.231 e. The Balaban J connectivity index is 1.83. The Morgan fingerprint density at radius 2 is 1.81 bits per heavy atom. The first kappa shape index (κ1) is 12.1. The number of nitrogens with zero attached hydrogens (tertiary/aromatic N) is 2. The number of phenolic OH excluding ortho intramolecular Hbond substituents is 1. The Morgan fingerprint density at radius 3 is 2.67 bits per heavy atom. The molecule has 0 spiro atoms. The highest BCUT2D eigenvalue weighted by molar-refractivity contribution is 7.16. The molecule has 2 aromatic carbocycles. The molecule has 0 bridgehead atoms. The first-order valence-electron chi connectivity index (χ1n) is 6.39. The van der Waals surface area contributed by atoms with Gasteiger partial charge in [-0.25, -0.2) is 9.97 Å². The van der Waals surface area contributed by atoms with Crippen molar-refractivity contribution in [2.75, 3.05) is 0 Å². The molecule has 0 radical (unpaired) electrons. The van der Waals surface area contributed by atoms with Crippen LogP contribution in [-0.4, -0.2) is 15.1 Å². The average molecular weight is 294 g/mol. The molecule has 4 aromatic rings. The summed E-state index contributed by atoms with van der Waals surface area (Å²) in [6.45, 7) is 0. The average Bonchev–Trinajstić information content (AvgIpc) is 2.97. The third-order valence-corrected chi connectivity index (χ3v) is 4.08. The molecular formula is C16H10N2O2S. The topological polar surface area (TPSA) is 55.2 Å². The first-order chi connectivity index (χ1) is 10.3. The van der Waals surface area contributed by atoms with Crippen molar-refractivity contribution in [1.29, 1.82) is 0 Å². The number of hydrogen-bond donors (Lipinski definition) is 1. The Kier molecular flexibility index (Phi) is 2.72. The second kappa shape index (κ2) is 4.71. The van der Waals surface area contributed by atoms with Crippen molar-refractivity contribution in [1.82, 2.24) is 9.97 Å². The van der Waals surface area contributed by atoms with E-state index in [1.54, 1.807) is 6.07 Å². The minimum absolute atomic E-state index is 0.0932. The molecule has 0 fully saturated rings. The first-order valence-corrected chi connectivity index (χ1v) is 7.27. The van der Waals surface area contributed by atoms with Crippen LogP contribution >= 0.6 is 11.3 Å². The van der Waals surface area contributed by atoms with Gasteiger partial charge in [-0.05, 0) is 34.4 Å². The fourth-order valence-corrected chi connectivity index (χ4v) is 2.97. The van der Waals surface area contributed by atoms with Gasteiger partial charge in [0.25, 0.3) is 0 Å². The van der Waals surface area contributed by atoms with Gasteiger partial charge in [-0.3, -0.25) is 0 Å². The van der Waals surface area contributed by atoms with Gasteiger partial charge in [0.05, 0.1) is 5.39 Å². The summed E-state index contributed by atoms with van der Waals surface area (Å²) in [4.78, 5) is 9.20. The second-order valence-electron chi connectivity index (χ2n) is 4.59. The molecule has 0 saturated heterocycles. The van der Waals surface area contributed by atoms with Crippen LogP contribution in [0.5, 0.6) is 17.4 Å². The summed E-state index contributed by atoms with van der Waals surface area (Å²) in [5.41, 5.74) is 0. The molecule has 0 unspecified atom stereocenters. The minimum atomic E-state index is 0.0932. The fraction of sp³-hybridized carbons (Fsp3) is 0. The van der Waals surface area contributed by atoms with Gasteiger partial charge in [0, 0.05) is 0 Å². The molecule has 2 aromatic heterocycles. The molecule has 4 rings (SSSR count). The number of thiophene rings is 1. The highest BCUT2D eigenvalue weighted by atomic mass is 32.1. The van der Waals surface area contributed by atoms with Crippen molar-refractivity contribution in [3.63, 3.8) is 0 Å². The predicted molar refractivity (Wildman–Crippen MR) is 83.1 cm³/mol. The number of benzene rings is 2. The van der Waals surface area contributed by atoms with Crippen molar-refractivity contribution in [3.8, 4) is 17.4 Å². The van der Waals surface area contributed by atoms with E-state index in [9.17, 15) is 5.11 Å². The lowest BCUT2D eigenvalue weighted by Gasteiger charge is -2.09. The van der Waals surface area contributed by atoms with Crippen molar-refractivity contribution in [2.24, 2.45) is 0 Å². The lowest BCUT2D eigenvalue weighted by atomic mass is 10.1. The van der Waals surface area contributed by atoms with Gasteiger partial charge in [0.1, 0.15) is 11.2 Å².